The first-order chi connectivity index (χ1) is 13.2. The molecular weight excluding hydrogens is 328 g/mol. The quantitative estimate of drug-likeness (QED) is 0.310. The van der Waals surface area contributed by atoms with Gasteiger partial charge in [0, 0.05) is 21.9 Å². The van der Waals surface area contributed by atoms with E-state index >= 15 is 0 Å². The van der Waals surface area contributed by atoms with Crippen LogP contribution in [0.3, 0.4) is 0 Å². The van der Waals surface area contributed by atoms with Gasteiger partial charge in [0.1, 0.15) is 11.4 Å². The van der Waals surface area contributed by atoms with Gasteiger partial charge in [-0.1, -0.05) is 91.5 Å². The first-order valence-electron chi connectivity index (χ1n) is 8.93. The summed E-state index contributed by atoms with van der Waals surface area (Å²) in [6, 6.07) is 21.0. The highest BCUT2D eigenvalue weighted by molar-refractivity contribution is 6.15. The fourth-order valence-corrected chi connectivity index (χ4v) is 3.51. The summed E-state index contributed by atoms with van der Waals surface area (Å²) >= 11 is 0. The summed E-state index contributed by atoms with van der Waals surface area (Å²) in [5, 5.41) is 13.7. The van der Waals surface area contributed by atoms with E-state index in [2.05, 4.69) is 90.9 Å². The molecule has 1 heterocycles. The van der Waals surface area contributed by atoms with Crippen molar-refractivity contribution >= 4 is 27.1 Å². The lowest BCUT2D eigenvalue weighted by Crippen LogP contribution is -1.98. The number of allylic oxidation sites excluding steroid dienone is 4. The monoisotopic (exact) mass is 348 g/mol. The molecule has 4 aromatic rings. The Morgan fingerprint density at radius 1 is 0.889 bits per heavy atom. The Hall–Kier alpha value is -3.52. The maximum absolute atomic E-state index is 4.62. The minimum atomic E-state index is 0.827. The molecule has 0 fully saturated rings. The molecule has 27 heavy (non-hydrogen) atoms. The summed E-state index contributed by atoms with van der Waals surface area (Å²) in [4.78, 5) is 0. The first kappa shape index (κ1) is 16.9. The molecule has 3 aromatic carbocycles. The normalized spacial score (nSPS) is 11.7. The van der Waals surface area contributed by atoms with Gasteiger partial charge in [-0.15, -0.1) is 10.2 Å². The number of nitrogens with zero attached hydrogens (tertiary/aromatic N) is 2. The second-order valence-electron chi connectivity index (χ2n) is 6.54. The summed E-state index contributed by atoms with van der Waals surface area (Å²) in [5.41, 5.74) is 4.90. The highest BCUT2D eigenvalue weighted by atomic mass is 15.1. The molecule has 0 amide bonds. The number of benzene rings is 3. The van der Waals surface area contributed by atoms with E-state index < -0.39 is 0 Å². The number of hydrogen-bond donors (Lipinski definition) is 0. The summed E-state index contributed by atoms with van der Waals surface area (Å²) in [7, 11) is 0. The van der Waals surface area contributed by atoms with Gasteiger partial charge >= 0.3 is 0 Å². The molecule has 0 radical (unpaired) electrons. The van der Waals surface area contributed by atoms with Crippen molar-refractivity contribution in [3.8, 4) is 11.3 Å². The highest BCUT2D eigenvalue weighted by Crippen LogP contribution is 2.35. The van der Waals surface area contributed by atoms with Crippen molar-refractivity contribution in [2.75, 3.05) is 0 Å². The predicted octanol–water partition coefficient (Wildman–Crippen LogP) is 6.51. The molecule has 2 nitrogen and oxygen atoms in total. The van der Waals surface area contributed by atoms with Gasteiger partial charge in [-0.25, -0.2) is 0 Å². The molecule has 0 aliphatic rings. The third-order valence-corrected chi connectivity index (χ3v) is 4.75. The molecule has 0 aliphatic heterocycles. The molecule has 0 unspecified atom stereocenters. The Labute approximate surface area is 159 Å². The van der Waals surface area contributed by atoms with Crippen molar-refractivity contribution in [3.05, 3.63) is 103 Å². The van der Waals surface area contributed by atoms with Crippen molar-refractivity contribution in [1.82, 2.24) is 10.2 Å². The molecule has 1 aromatic heterocycles. The minimum Gasteiger partial charge on any atom is -0.149 e. The minimum absolute atomic E-state index is 0.827. The van der Waals surface area contributed by atoms with Crippen molar-refractivity contribution in [2.24, 2.45) is 0 Å². The fraction of sp³-hybridized carbons (Fsp3) is 0.0400. The van der Waals surface area contributed by atoms with Crippen LogP contribution in [0.5, 0.6) is 0 Å². The maximum Gasteiger partial charge on any atom is 0.101 e. The van der Waals surface area contributed by atoms with Gasteiger partial charge in [-0.3, -0.25) is 0 Å². The van der Waals surface area contributed by atoms with Gasteiger partial charge < -0.3 is 0 Å². The SMILES string of the molecule is C=C/C=C(\C=C)c1nnc(-c2cccc(C)c2)c2ccc3ccccc3c12. The van der Waals surface area contributed by atoms with Crippen LogP contribution in [0.4, 0.5) is 0 Å². The summed E-state index contributed by atoms with van der Waals surface area (Å²) < 4.78 is 0. The molecule has 2 heteroatoms. The van der Waals surface area contributed by atoms with E-state index in [9.17, 15) is 0 Å². The third kappa shape index (κ3) is 2.96. The van der Waals surface area contributed by atoms with E-state index in [0.717, 1.165) is 38.7 Å². The van der Waals surface area contributed by atoms with E-state index in [0.29, 0.717) is 0 Å². The number of fused-ring (bicyclic) bond motifs is 3. The lowest BCUT2D eigenvalue weighted by Gasteiger charge is -2.13. The van der Waals surface area contributed by atoms with E-state index in [4.69, 9.17) is 0 Å². The number of rotatable bonds is 4. The van der Waals surface area contributed by atoms with Crippen LogP contribution in [0.15, 0.2) is 92.0 Å². The Morgan fingerprint density at radius 2 is 1.74 bits per heavy atom. The van der Waals surface area contributed by atoms with Crippen LogP contribution in [-0.2, 0) is 0 Å². The molecular formula is C25H20N2. The molecule has 0 saturated carbocycles. The van der Waals surface area contributed by atoms with Gasteiger partial charge in [0.25, 0.3) is 0 Å². The molecule has 0 atom stereocenters. The van der Waals surface area contributed by atoms with Gasteiger partial charge in [0.2, 0.25) is 0 Å². The van der Waals surface area contributed by atoms with Crippen LogP contribution < -0.4 is 0 Å². The number of aryl methyl sites for hydroxylation is 1. The second kappa shape index (κ2) is 7.00. The Bertz CT molecular complexity index is 1220. The average Bonchev–Trinajstić information content (AvgIpc) is 2.71. The smallest absolute Gasteiger partial charge is 0.101 e. The summed E-state index contributed by atoms with van der Waals surface area (Å²) in [6.45, 7) is 9.86. The largest absolute Gasteiger partial charge is 0.149 e. The lowest BCUT2D eigenvalue weighted by atomic mass is 9.95. The van der Waals surface area contributed by atoms with E-state index in [1.165, 1.54) is 10.9 Å². The lowest BCUT2D eigenvalue weighted by molar-refractivity contribution is 1.04. The molecule has 0 spiro atoms. The first-order valence-corrected chi connectivity index (χ1v) is 8.93. The number of hydrogen-bond acceptors (Lipinski definition) is 2. The van der Waals surface area contributed by atoms with Gasteiger partial charge in [0.15, 0.2) is 0 Å². The Balaban J connectivity index is 2.16. The van der Waals surface area contributed by atoms with Gasteiger partial charge in [0.05, 0.1) is 0 Å². The second-order valence-corrected chi connectivity index (χ2v) is 6.54. The molecule has 130 valence electrons. The maximum atomic E-state index is 4.62. The third-order valence-electron chi connectivity index (χ3n) is 4.75. The zero-order chi connectivity index (χ0) is 18.8. The molecule has 0 bridgehead atoms. The fourth-order valence-electron chi connectivity index (χ4n) is 3.51. The van der Waals surface area contributed by atoms with Crippen LogP contribution in [-0.4, -0.2) is 10.2 Å². The Kier molecular flexibility index (Phi) is 4.39. The van der Waals surface area contributed by atoms with Crippen LogP contribution in [0, 0.1) is 6.92 Å². The molecule has 0 aliphatic carbocycles. The summed E-state index contributed by atoms with van der Waals surface area (Å²) in [5.74, 6) is 0. The molecule has 4 rings (SSSR count). The average molecular weight is 348 g/mol. The standard InChI is InChI=1S/C25H20N2/c1-4-9-18(5-2)25-23-21-13-7-6-11-19(21)14-15-22(23)24(26-27-25)20-12-8-10-17(3)16-20/h4-16H,1-2H2,3H3/b18-9+. The predicted molar refractivity (Wildman–Crippen MR) is 116 cm³/mol. The van der Waals surface area contributed by atoms with Crippen LogP contribution >= 0.6 is 0 Å². The van der Waals surface area contributed by atoms with Crippen molar-refractivity contribution in [1.29, 1.82) is 0 Å². The van der Waals surface area contributed by atoms with Crippen molar-refractivity contribution in [2.45, 2.75) is 6.92 Å². The van der Waals surface area contributed by atoms with E-state index in [1.807, 2.05) is 6.08 Å². The zero-order valence-corrected chi connectivity index (χ0v) is 15.3. The summed E-state index contributed by atoms with van der Waals surface area (Å²) in [6.07, 6.45) is 5.48. The van der Waals surface area contributed by atoms with Crippen molar-refractivity contribution in [3.63, 3.8) is 0 Å². The van der Waals surface area contributed by atoms with Crippen LogP contribution in [0.25, 0.3) is 38.4 Å². The molecule has 0 N–H and O–H groups in total. The van der Waals surface area contributed by atoms with Gasteiger partial charge in [-0.2, -0.15) is 0 Å². The highest BCUT2D eigenvalue weighted by Gasteiger charge is 2.15. The molecule has 0 saturated heterocycles. The number of aromatic nitrogens is 2. The van der Waals surface area contributed by atoms with Crippen LogP contribution in [0.2, 0.25) is 0 Å². The van der Waals surface area contributed by atoms with E-state index in [1.54, 1.807) is 12.2 Å². The van der Waals surface area contributed by atoms with Gasteiger partial charge in [-0.05, 0) is 23.8 Å². The van der Waals surface area contributed by atoms with Crippen molar-refractivity contribution < 1.29 is 0 Å². The Morgan fingerprint density at radius 3 is 2.52 bits per heavy atom. The van der Waals surface area contributed by atoms with E-state index in [-0.39, 0.29) is 0 Å². The zero-order valence-electron chi connectivity index (χ0n) is 15.3. The topological polar surface area (TPSA) is 25.8 Å². The van der Waals surface area contributed by atoms with Crippen LogP contribution in [0.1, 0.15) is 11.3 Å².